The van der Waals surface area contributed by atoms with E-state index in [2.05, 4.69) is 4.98 Å². The summed E-state index contributed by atoms with van der Waals surface area (Å²) >= 11 is 0. The van der Waals surface area contributed by atoms with Gasteiger partial charge in [-0.3, -0.25) is 4.79 Å². The van der Waals surface area contributed by atoms with Gasteiger partial charge in [-0.1, -0.05) is 32.0 Å². The largest absolute Gasteiger partial charge is 0.351 e. The first-order valence-electron chi connectivity index (χ1n) is 9.48. The molecule has 3 aromatic rings. The molecule has 0 aliphatic carbocycles. The van der Waals surface area contributed by atoms with Crippen LogP contribution in [-0.2, 0) is 16.4 Å². The Labute approximate surface area is 164 Å². The Hall–Kier alpha value is -2.64. The number of carbonyl (C=O) groups is 1. The van der Waals surface area contributed by atoms with Crippen LogP contribution in [0.2, 0.25) is 0 Å². The van der Waals surface area contributed by atoms with Crippen molar-refractivity contribution in [3.63, 3.8) is 0 Å². The molecule has 0 radical (unpaired) electrons. The minimum absolute atomic E-state index is 0.102. The van der Waals surface area contributed by atoms with Gasteiger partial charge in [-0.25, -0.2) is 8.42 Å². The number of para-hydroxylation sites is 1. The van der Waals surface area contributed by atoms with Crippen molar-refractivity contribution in [2.24, 2.45) is 0 Å². The number of nitrogens with one attached hydrogen (secondary N) is 1. The third-order valence-electron chi connectivity index (χ3n) is 5.30. The van der Waals surface area contributed by atoms with E-state index in [0.717, 1.165) is 22.2 Å². The van der Waals surface area contributed by atoms with E-state index in [1.54, 1.807) is 23.1 Å². The molecule has 1 amide bonds. The van der Waals surface area contributed by atoms with Crippen LogP contribution in [0, 0.1) is 0 Å². The van der Waals surface area contributed by atoms with Crippen LogP contribution in [0.25, 0.3) is 10.9 Å². The first kappa shape index (κ1) is 18.7. The SMILES string of the molecule is CCN(CC)S(=O)(=O)c1ccc2c(c1)CCN2C(=O)c1cc2ccccc2[nH]1. The molecule has 1 aromatic heterocycles. The lowest BCUT2D eigenvalue weighted by Gasteiger charge is -2.20. The molecule has 1 aliphatic heterocycles. The lowest BCUT2D eigenvalue weighted by Crippen LogP contribution is -2.31. The minimum atomic E-state index is -3.51. The van der Waals surface area contributed by atoms with Gasteiger partial charge in [0, 0.05) is 36.2 Å². The van der Waals surface area contributed by atoms with Gasteiger partial charge in [0.1, 0.15) is 5.69 Å². The lowest BCUT2D eigenvalue weighted by atomic mass is 10.2. The van der Waals surface area contributed by atoms with Gasteiger partial charge in [-0.15, -0.1) is 0 Å². The first-order chi connectivity index (χ1) is 13.5. The molecule has 2 aromatic carbocycles. The Balaban J connectivity index is 1.65. The highest BCUT2D eigenvalue weighted by molar-refractivity contribution is 7.89. The summed E-state index contributed by atoms with van der Waals surface area (Å²) in [7, 11) is -3.51. The molecule has 28 heavy (non-hydrogen) atoms. The number of aromatic amines is 1. The number of hydrogen-bond donors (Lipinski definition) is 1. The van der Waals surface area contributed by atoms with Crippen molar-refractivity contribution in [1.29, 1.82) is 0 Å². The zero-order valence-corrected chi connectivity index (χ0v) is 16.8. The molecule has 0 fully saturated rings. The van der Waals surface area contributed by atoms with Gasteiger partial charge < -0.3 is 9.88 Å². The van der Waals surface area contributed by atoms with E-state index in [1.807, 2.05) is 44.2 Å². The van der Waals surface area contributed by atoms with Crippen molar-refractivity contribution in [3.8, 4) is 0 Å². The summed E-state index contributed by atoms with van der Waals surface area (Å²) in [5, 5.41) is 0.992. The van der Waals surface area contributed by atoms with E-state index in [1.165, 1.54) is 4.31 Å². The molecular weight excluding hydrogens is 374 g/mol. The number of anilines is 1. The second-order valence-corrected chi connectivity index (χ2v) is 8.79. The number of sulfonamides is 1. The fourth-order valence-electron chi connectivity index (χ4n) is 3.80. The molecule has 4 rings (SSSR count). The first-order valence-corrected chi connectivity index (χ1v) is 10.9. The fraction of sp³-hybridized carbons (Fsp3) is 0.286. The van der Waals surface area contributed by atoms with Gasteiger partial charge in [-0.2, -0.15) is 4.31 Å². The second kappa shape index (κ2) is 7.07. The van der Waals surface area contributed by atoms with Gasteiger partial charge in [0.2, 0.25) is 10.0 Å². The monoisotopic (exact) mass is 397 g/mol. The summed E-state index contributed by atoms with van der Waals surface area (Å²) in [6.07, 6.45) is 0.642. The predicted octanol–water partition coefficient (Wildman–Crippen LogP) is 3.40. The highest BCUT2D eigenvalue weighted by Gasteiger charge is 2.29. The summed E-state index contributed by atoms with van der Waals surface area (Å²) in [6, 6.07) is 14.7. The minimum Gasteiger partial charge on any atom is -0.351 e. The summed E-state index contributed by atoms with van der Waals surface area (Å²) in [6.45, 7) is 5.06. The molecule has 6 nitrogen and oxygen atoms in total. The van der Waals surface area contributed by atoms with Crippen molar-refractivity contribution in [1.82, 2.24) is 9.29 Å². The maximum Gasteiger partial charge on any atom is 0.274 e. The summed E-state index contributed by atoms with van der Waals surface area (Å²) in [5.41, 5.74) is 3.12. The molecule has 1 aliphatic rings. The molecule has 0 spiro atoms. The Morgan fingerprint density at radius 3 is 2.57 bits per heavy atom. The number of aromatic nitrogens is 1. The molecular formula is C21H23N3O3S. The average Bonchev–Trinajstić information content (AvgIpc) is 3.31. The maximum absolute atomic E-state index is 13.0. The third kappa shape index (κ3) is 3.00. The zero-order chi connectivity index (χ0) is 19.9. The van der Waals surface area contributed by atoms with E-state index in [4.69, 9.17) is 0 Å². The summed E-state index contributed by atoms with van der Waals surface area (Å²) in [5.74, 6) is -0.102. The van der Waals surface area contributed by atoms with Gasteiger partial charge in [-0.05, 0) is 42.3 Å². The van der Waals surface area contributed by atoms with E-state index in [9.17, 15) is 13.2 Å². The van der Waals surface area contributed by atoms with Crippen molar-refractivity contribution >= 4 is 32.5 Å². The maximum atomic E-state index is 13.0. The molecule has 7 heteroatoms. The third-order valence-corrected chi connectivity index (χ3v) is 7.34. The number of fused-ring (bicyclic) bond motifs is 2. The molecule has 1 N–H and O–H groups in total. The normalized spacial score (nSPS) is 14.0. The molecule has 0 saturated heterocycles. The fourth-order valence-corrected chi connectivity index (χ4v) is 5.31. The van der Waals surface area contributed by atoms with Crippen LogP contribution < -0.4 is 4.90 Å². The Morgan fingerprint density at radius 2 is 1.86 bits per heavy atom. The van der Waals surface area contributed by atoms with Crippen LogP contribution in [0.4, 0.5) is 5.69 Å². The molecule has 2 heterocycles. The molecule has 0 bridgehead atoms. The molecule has 146 valence electrons. The predicted molar refractivity (Wildman–Crippen MR) is 110 cm³/mol. The Kier molecular flexibility index (Phi) is 4.72. The highest BCUT2D eigenvalue weighted by atomic mass is 32.2. The van der Waals surface area contributed by atoms with Crippen LogP contribution in [0.15, 0.2) is 53.4 Å². The van der Waals surface area contributed by atoms with E-state index in [-0.39, 0.29) is 10.8 Å². The highest BCUT2D eigenvalue weighted by Crippen LogP contribution is 2.32. The number of benzene rings is 2. The van der Waals surface area contributed by atoms with Crippen LogP contribution >= 0.6 is 0 Å². The van der Waals surface area contributed by atoms with Crippen LogP contribution in [0.1, 0.15) is 29.9 Å². The summed E-state index contributed by atoms with van der Waals surface area (Å²) < 4.78 is 27.0. The van der Waals surface area contributed by atoms with Crippen molar-refractivity contribution < 1.29 is 13.2 Å². The van der Waals surface area contributed by atoms with Gasteiger partial charge in [0.15, 0.2) is 0 Å². The number of rotatable bonds is 5. The number of hydrogen-bond acceptors (Lipinski definition) is 3. The Morgan fingerprint density at radius 1 is 1.11 bits per heavy atom. The van der Waals surface area contributed by atoms with E-state index < -0.39 is 10.0 Å². The van der Waals surface area contributed by atoms with E-state index in [0.29, 0.717) is 31.7 Å². The number of H-pyrrole nitrogens is 1. The lowest BCUT2D eigenvalue weighted by molar-refractivity contribution is 0.0985. The second-order valence-electron chi connectivity index (χ2n) is 6.86. The smallest absolute Gasteiger partial charge is 0.274 e. The van der Waals surface area contributed by atoms with Crippen LogP contribution in [0.3, 0.4) is 0 Å². The number of amides is 1. The van der Waals surface area contributed by atoms with E-state index >= 15 is 0 Å². The van der Waals surface area contributed by atoms with Gasteiger partial charge in [0.25, 0.3) is 5.91 Å². The molecule has 0 atom stereocenters. The number of nitrogens with zero attached hydrogens (tertiary/aromatic N) is 2. The van der Waals surface area contributed by atoms with Crippen molar-refractivity contribution in [2.45, 2.75) is 25.2 Å². The van der Waals surface area contributed by atoms with Crippen LogP contribution in [0.5, 0.6) is 0 Å². The topological polar surface area (TPSA) is 73.5 Å². The van der Waals surface area contributed by atoms with Gasteiger partial charge >= 0.3 is 0 Å². The van der Waals surface area contributed by atoms with Crippen molar-refractivity contribution in [3.05, 3.63) is 59.8 Å². The number of carbonyl (C=O) groups excluding carboxylic acids is 1. The average molecular weight is 398 g/mol. The van der Waals surface area contributed by atoms with Crippen molar-refractivity contribution in [2.75, 3.05) is 24.5 Å². The van der Waals surface area contributed by atoms with Crippen LogP contribution in [-0.4, -0.2) is 43.2 Å². The molecule has 0 saturated carbocycles. The Bertz CT molecular complexity index is 1110. The zero-order valence-electron chi connectivity index (χ0n) is 16.0. The van der Waals surface area contributed by atoms with Gasteiger partial charge in [0.05, 0.1) is 4.90 Å². The quantitative estimate of drug-likeness (QED) is 0.717. The molecule has 0 unspecified atom stereocenters. The standard InChI is InChI=1S/C21H23N3O3S/c1-3-23(4-2)28(26,27)17-9-10-20-16(13-17)11-12-24(20)21(25)19-14-15-7-5-6-8-18(15)22-19/h5-10,13-14,22H,3-4,11-12H2,1-2H3. The summed E-state index contributed by atoms with van der Waals surface area (Å²) in [4.78, 5) is 18.2.